The van der Waals surface area contributed by atoms with E-state index in [0.717, 1.165) is 19.3 Å². The van der Waals surface area contributed by atoms with Crippen LogP contribution >= 0.6 is 22.6 Å². The van der Waals surface area contributed by atoms with Crippen LogP contribution in [0.3, 0.4) is 0 Å². The Balaban J connectivity index is 1.34. The first-order valence-electron chi connectivity index (χ1n) is 6.57. The molecule has 0 aliphatic carbocycles. The maximum absolute atomic E-state index is 5.26. The van der Waals surface area contributed by atoms with Crippen molar-refractivity contribution in [3.63, 3.8) is 0 Å². The number of likely N-dealkylation sites (tertiary alicyclic amines) is 1. The lowest BCUT2D eigenvalue weighted by atomic mass is 9.71. The Morgan fingerprint density at radius 2 is 1.72 bits per heavy atom. The Morgan fingerprint density at radius 1 is 1.06 bits per heavy atom. The molecule has 0 unspecified atom stereocenters. The van der Waals surface area contributed by atoms with Gasteiger partial charge in [0.15, 0.2) is 0 Å². The van der Waals surface area contributed by atoms with Crippen molar-refractivity contribution in [1.29, 1.82) is 0 Å². The number of ether oxygens (including phenoxy) is 1. The fourth-order valence-electron chi connectivity index (χ4n) is 3.31. The Labute approximate surface area is 121 Å². The minimum Gasteiger partial charge on any atom is -0.378 e. The minimum atomic E-state index is 0.596. The third kappa shape index (κ3) is 1.77. The highest BCUT2D eigenvalue weighted by atomic mass is 127. The molecule has 96 valence electrons. The van der Waals surface area contributed by atoms with Gasteiger partial charge in [-0.15, -0.1) is 0 Å². The van der Waals surface area contributed by atoms with Gasteiger partial charge in [0.05, 0.1) is 19.3 Å². The summed E-state index contributed by atoms with van der Waals surface area (Å²) >= 11 is 2.36. The number of hydrogen-bond acceptors (Lipinski definition) is 3. The summed E-state index contributed by atoms with van der Waals surface area (Å²) in [5.41, 5.74) is 1.98. The van der Waals surface area contributed by atoms with Crippen LogP contribution in [0.1, 0.15) is 0 Å². The first-order chi connectivity index (χ1) is 8.74. The van der Waals surface area contributed by atoms with E-state index in [1.54, 1.807) is 0 Å². The van der Waals surface area contributed by atoms with E-state index in [4.69, 9.17) is 4.74 Å². The fraction of sp³-hybridized carbons (Fsp3) is 0.571. The second-order valence-electron chi connectivity index (χ2n) is 5.93. The van der Waals surface area contributed by atoms with Crippen molar-refractivity contribution in [2.24, 2.45) is 5.41 Å². The van der Waals surface area contributed by atoms with E-state index >= 15 is 0 Å². The zero-order valence-corrected chi connectivity index (χ0v) is 12.5. The van der Waals surface area contributed by atoms with E-state index in [1.807, 2.05) is 0 Å². The molecular formula is C14H17IN2O. The van der Waals surface area contributed by atoms with Gasteiger partial charge < -0.3 is 9.64 Å². The summed E-state index contributed by atoms with van der Waals surface area (Å²) in [7, 11) is 0. The van der Waals surface area contributed by atoms with Crippen LogP contribution in [-0.4, -0.2) is 50.3 Å². The number of benzene rings is 1. The zero-order valence-electron chi connectivity index (χ0n) is 10.3. The summed E-state index contributed by atoms with van der Waals surface area (Å²) in [6.07, 6.45) is 0. The number of halogens is 1. The first-order valence-corrected chi connectivity index (χ1v) is 7.64. The molecule has 3 nitrogen and oxygen atoms in total. The lowest BCUT2D eigenvalue weighted by molar-refractivity contribution is -0.137. The number of anilines is 1. The summed E-state index contributed by atoms with van der Waals surface area (Å²) in [5.74, 6) is 0. The molecular weight excluding hydrogens is 339 g/mol. The normalized spacial score (nSPS) is 26.6. The second kappa shape index (κ2) is 4.08. The van der Waals surface area contributed by atoms with Gasteiger partial charge in [-0.3, -0.25) is 4.90 Å². The molecule has 4 rings (SSSR count). The summed E-state index contributed by atoms with van der Waals surface area (Å²) in [5, 5.41) is 0. The molecule has 0 aromatic heterocycles. The van der Waals surface area contributed by atoms with Gasteiger partial charge in [0.2, 0.25) is 0 Å². The molecule has 0 saturated carbocycles. The maximum atomic E-state index is 5.26. The largest absolute Gasteiger partial charge is 0.378 e. The average molecular weight is 356 g/mol. The molecule has 0 atom stereocenters. The molecule has 3 heterocycles. The molecule has 0 N–H and O–H groups in total. The number of nitrogens with zero attached hydrogens (tertiary/aromatic N) is 2. The lowest BCUT2D eigenvalue weighted by Gasteiger charge is -2.63. The molecule has 0 amide bonds. The van der Waals surface area contributed by atoms with Crippen molar-refractivity contribution < 1.29 is 4.74 Å². The van der Waals surface area contributed by atoms with Crippen LogP contribution < -0.4 is 4.90 Å². The number of hydrogen-bond donors (Lipinski definition) is 0. The molecule has 4 heteroatoms. The fourth-order valence-corrected chi connectivity index (χ4v) is 3.67. The van der Waals surface area contributed by atoms with Gasteiger partial charge in [0.25, 0.3) is 0 Å². The third-order valence-corrected chi connectivity index (χ3v) is 5.18. The van der Waals surface area contributed by atoms with Crippen LogP contribution in [0.25, 0.3) is 0 Å². The summed E-state index contributed by atoms with van der Waals surface area (Å²) < 4.78 is 6.57. The molecule has 0 radical (unpaired) electrons. The summed E-state index contributed by atoms with van der Waals surface area (Å²) in [6.45, 7) is 6.94. The molecule has 18 heavy (non-hydrogen) atoms. The molecule has 0 bridgehead atoms. The Bertz CT molecular complexity index is 443. The molecule has 1 aromatic carbocycles. The topological polar surface area (TPSA) is 15.7 Å². The van der Waals surface area contributed by atoms with Crippen LogP contribution in [0.15, 0.2) is 24.3 Å². The van der Waals surface area contributed by atoms with E-state index < -0.39 is 0 Å². The smallest absolute Gasteiger partial charge is 0.0645 e. The van der Waals surface area contributed by atoms with Crippen molar-refractivity contribution in [2.45, 2.75) is 6.04 Å². The molecule has 3 aliphatic heterocycles. The van der Waals surface area contributed by atoms with Gasteiger partial charge in [0.1, 0.15) is 0 Å². The molecule has 3 fully saturated rings. The molecule has 3 aliphatic rings. The third-order valence-electron chi connectivity index (χ3n) is 4.46. The van der Waals surface area contributed by atoms with Crippen molar-refractivity contribution in [3.8, 4) is 0 Å². The Kier molecular flexibility index (Phi) is 2.61. The van der Waals surface area contributed by atoms with Gasteiger partial charge >= 0.3 is 0 Å². The molecule has 3 saturated heterocycles. The van der Waals surface area contributed by atoms with E-state index in [2.05, 4.69) is 56.7 Å². The SMILES string of the molecule is Ic1ccc(N2CC3(C2)CN(C2COC2)C3)cc1. The van der Waals surface area contributed by atoms with Crippen molar-refractivity contribution in [2.75, 3.05) is 44.3 Å². The monoisotopic (exact) mass is 356 g/mol. The number of rotatable bonds is 2. The predicted molar refractivity (Wildman–Crippen MR) is 80.0 cm³/mol. The second-order valence-corrected chi connectivity index (χ2v) is 7.17. The van der Waals surface area contributed by atoms with Crippen LogP contribution in [0.4, 0.5) is 5.69 Å². The van der Waals surface area contributed by atoms with Crippen LogP contribution in [0.2, 0.25) is 0 Å². The molecule has 1 aromatic rings. The highest BCUT2D eigenvalue weighted by molar-refractivity contribution is 14.1. The standard InChI is InChI=1S/C14H17IN2O/c15-11-1-3-12(4-2-11)16-7-14(8-16)9-17(10-14)13-5-18-6-13/h1-4,13H,5-10H2. The predicted octanol–water partition coefficient (Wildman–Crippen LogP) is 1.81. The van der Waals surface area contributed by atoms with Crippen molar-refractivity contribution in [1.82, 2.24) is 4.90 Å². The summed E-state index contributed by atoms with van der Waals surface area (Å²) in [4.78, 5) is 5.10. The highest BCUT2D eigenvalue weighted by Gasteiger charge is 2.53. The van der Waals surface area contributed by atoms with E-state index in [0.29, 0.717) is 5.41 Å². The highest BCUT2D eigenvalue weighted by Crippen LogP contribution is 2.43. The first kappa shape index (κ1) is 11.5. The van der Waals surface area contributed by atoms with Crippen LogP contribution in [-0.2, 0) is 4.74 Å². The lowest BCUT2D eigenvalue weighted by Crippen LogP contribution is -2.75. The van der Waals surface area contributed by atoms with Crippen LogP contribution in [0.5, 0.6) is 0 Å². The van der Waals surface area contributed by atoms with Gasteiger partial charge in [-0.1, -0.05) is 0 Å². The minimum absolute atomic E-state index is 0.596. The van der Waals surface area contributed by atoms with Gasteiger partial charge in [-0.25, -0.2) is 0 Å². The Morgan fingerprint density at radius 3 is 2.28 bits per heavy atom. The van der Waals surface area contributed by atoms with Gasteiger partial charge in [-0.2, -0.15) is 0 Å². The van der Waals surface area contributed by atoms with Crippen molar-refractivity contribution >= 4 is 28.3 Å². The quantitative estimate of drug-likeness (QED) is 0.752. The average Bonchev–Trinajstić information content (AvgIpc) is 2.18. The zero-order chi connectivity index (χ0) is 12.2. The van der Waals surface area contributed by atoms with E-state index in [-0.39, 0.29) is 0 Å². The van der Waals surface area contributed by atoms with Crippen LogP contribution in [0, 0.1) is 8.99 Å². The van der Waals surface area contributed by atoms with Gasteiger partial charge in [0, 0.05) is 40.9 Å². The summed E-state index contributed by atoms with van der Waals surface area (Å²) in [6, 6.07) is 9.60. The maximum Gasteiger partial charge on any atom is 0.0645 e. The van der Waals surface area contributed by atoms with E-state index in [9.17, 15) is 0 Å². The van der Waals surface area contributed by atoms with E-state index in [1.165, 1.54) is 35.4 Å². The van der Waals surface area contributed by atoms with Crippen molar-refractivity contribution in [3.05, 3.63) is 27.8 Å². The molecule has 1 spiro atoms. The Hall–Kier alpha value is -0.330. The van der Waals surface area contributed by atoms with Gasteiger partial charge in [-0.05, 0) is 46.9 Å².